The van der Waals surface area contributed by atoms with Crippen LogP contribution in [-0.2, 0) is 6.42 Å². The van der Waals surface area contributed by atoms with E-state index in [4.69, 9.17) is 5.73 Å². The second-order valence-electron chi connectivity index (χ2n) is 3.64. The lowest BCUT2D eigenvalue weighted by atomic mass is 9.90. The van der Waals surface area contributed by atoms with Gasteiger partial charge in [0, 0.05) is 17.7 Å². The van der Waals surface area contributed by atoms with Crippen molar-refractivity contribution in [2.75, 3.05) is 5.32 Å². The highest BCUT2D eigenvalue weighted by Gasteiger charge is 2.16. The van der Waals surface area contributed by atoms with Gasteiger partial charge >= 0.3 is 6.03 Å². The van der Waals surface area contributed by atoms with Crippen molar-refractivity contribution < 1.29 is 9.59 Å². The number of primary amides is 1. The Morgan fingerprint density at radius 1 is 1.33 bits per heavy atom. The summed E-state index contributed by atoms with van der Waals surface area (Å²) in [7, 11) is 0. The van der Waals surface area contributed by atoms with Gasteiger partial charge in [0.05, 0.1) is 0 Å². The van der Waals surface area contributed by atoms with Crippen LogP contribution in [0.4, 0.5) is 10.5 Å². The first-order valence-corrected chi connectivity index (χ1v) is 4.89. The largest absolute Gasteiger partial charge is 0.351 e. The fourth-order valence-corrected chi connectivity index (χ4v) is 1.87. The van der Waals surface area contributed by atoms with Crippen LogP contribution in [0.2, 0.25) is 0 Å². The van der Waals surface area contributed by atoms with Crippen LogP contribution in [0, 0.1) is 0 Å². The Bertz CT molecular complexity index is 427. The average Bonchev–Trinajstić information content (AvgIpc) is 2.17. The number of amides is 2. The number of carbonyl (C=O) groups excluding carboxylic acids is 2. The van der Waals surface area contributed by atoms with Crippen LogP contribution in [0.5, 0.6) is 0 Å². The molecular formula is C11H12N2O2. The van der Waals surface area contributed by atoms with Crippen LogP contribution in [0.25, 0.3) is 0 Å². The molecule has 0 atom stereocenters. The van der Waals surface area contributed by atoms with Crippen molar-refractivity contribution in [3.8, 4) is 0 Å². The average molecular weight is 204 g/mol. The quantitative estimate of drug-likeness (QED) is 0.730. The van der Waals surface area contributed by atoms with E-state index in [1.165, 1.54) is 0 Å². The van der Waals surface area contributed by atoms with Gasteiger partial charge in [-0.25, -0.2) is 4.79 Å². The molecule has 0 saturated heterocycles. The van der Waals surface area contributed by atoms with Crippen LogP contribution in [-0.4, -0.2) is 11.8 Å². The molecule has 2 rings (SSSR count). The van der Waals surface area contributed by atoms with Crippen molar-refractivity contribution in [3.05, 3.63) is 29.3 Å². The van der Waals surface area contributed by atoms with E-state index in [-0.39, 0.29) is 5.78 Å². The highest BCUT2D eigenvalue weighted by Crippen LogP contribution is 2.24. The summed E-state index contributed by atoms with van der Waals surface area (Å²) in [6, 6.07) is 4.68. The number of rotatable bonds is 1. The number of nitrogens with one attached hydrogen (secondary N) is 1. The van der Waals surface area contributed by atoms with E-state index < -0.39 is 6.03 Å². The van der Waals surface area contributed by atoms with Crippen LogP contribution in [0.15, 0.2) is 18.2 Å². The molecule has 0 unspecified atom stereocenters. The van der Waals surface area contributed by atoms with Gasteiger partial charge in [0.15, 0.2) is 5.78 Å². The summed E-state index contributed by atoms with van der Waals surface area (Å²) in [5.74, 6) is 0.182. The number of urea groups is 1. The Balaban J connectivity index is 2.33. The molecule has 0 aromatic heterocycles. The fraction of sp³-hybridized carbons (Fsp3) is 0.273. The highest BCUT2D eigenvalue weighted by molar-refractivity contribution is 5.99. The number of hydrogen-bond donors (Lipinski definition) is 2. The lowest BCUT2D eigenvalue weighted by Crippen LogP contribution is -2.20. The third-order valence-electron chi connectivity index (χ3n) is 2.52. The molecule has 1 aromatic carbocycles. The zero-order valence-corrected chi connectivity index (χ0v) is 8.25. The van der Waals surface area contributed by atoms with Crippen LogP contribution >= 0.6 is 0 Å². The minimum atomic E-state index is -0.586. The zero-order chi connectivity index (χ0) is 10.8. The minimum absolute atomic E-state index is 0.182. The van der Waals surface area contributed by atoms with Crippen molar-refractivity contribution in [2.24, 2.45) is 5.73 Å². The first-order valence-electron chi connectivity index (χ1n) is 4.89. The maximum atomic E-state index is 11.5. The number of Topliss-reactive ketones (excluding diaryl/α,β-unsaturated/α-hetero) is 1. The molecule has 0 radical (unpaired) electrons. The molecule has 0 bridgehead atoms. The normalized spacial score (nSPS) is 14.5. The van der Waals surface area contributed by atoms with Gasteiger partial charge in [-0.15, -0.1) is 0 Å². The van der Waals surface area contributed by atoms with Gasteiger partial charge in [-0.1, -0.05) is 0 Å². The standard InChI is InChI=1S/C11H12N2O2/c12-11(15)13-8-4-5-9-7(6-8)2-1-3-10(9)14/h4-6H,1-3H2,(H3,12,13,15). The molecule has 3 N–H and O–H groups in total. The molecule has 4 heteroatoms. The molecule has 1 aliphatic carbocycles. The number of anilines is 1. The van der Waals surface area contributed by atoms with Crippen LogP contribution in [0.1, 0.15) is 28.8 Å². The van der Waals surface area contributed by atoms with Gasteiger partial charge in [-0.2, -0.15) is 0 Å². The predicted octanol–water partition coefficient (Wildman–Crippen LogP) is 1.70. The Kier molecular flexibility index (Phi) is 2.41. The number of carbonyl (C=O) groups is 2. The van der Waals surface area contributed by atoms with Gasteiger partial charge in [0.1, 0.15) is 0 Å². The number of nitrogens with two attached hydrogens (primary N) is 1. The number of fused-ring (bicyclic) bond motifs is 1. The molecule has 0 fully saturated rings. The Morgan fingerprint density at radius 3 is 2.87 bits per heavy atom. The van der Waals surface area contributed by atoms with E-state index in [0.717, 1.165) is 24.0 Å². The van der Waals surface area contributed by atoms with Crippen LogP contribution in [0.3, 0.4) is 0 Å². The van der Waals surface area contributed by atoms with Gasteiger partial charge in [-0.05, 0) is 36.6 Å². The smallest absolute Gasteiger partial charge is 0.316 e. The number of aryl methyl sites for hydroxylation is 1. The Morgan fingerprint density at radius 2 is 2.13 bits per heavy atom. The summed E-state index contributed by atoms with van der Waals surface area (Å²) in [6.07, 6.45) is 2.39. The third kappa shape index (κ3) is 1.98. The summed E-state index contributed by atoms with van der Waals surface area (Å²) in [6.45, 7) is 0. The molecule has 1 aromatic rings. The Hall–Kier alpha value is -1.84. The molecular weight excluding hydrogens is 192 g/mol. The lowest BCUT2D eigenvalue weighted by molar-refractivity contribution is 0.0972. The molecule has 0 heterocycles. The summed E-state index contributed by atoms with van der Waals surface area (Å²) < 4.78 is 0. The third-order valence-corrected chi connectivity index (χ3v) is 2.52. The molecule has 0 aliphatic heterocycles. The van der Waals surface area contributed by atoms with Gasteiger partial charge in [0.2, 0.25) is 0 Å². The van der Waals surface area contributed by atoms with Crippen molar-refractivity contribution in [2.45, 2.75) is 19.3 Å². The van der Waals surface area contributed by atoms with Crippen LogP contribution < -0.4 is 11.1 Å². The van der Waals surface area contributed by atoms with E-state index in [9.17, 15) is 9.59 Å². The van der Waals surface area contributed by atoms with Gasteiger partial charge < -0.3 is 11.1 Å². The molecule has 0 saturated carbocycles. The van der Waals surface area contributed by atoms with E-state index >= 15 is 0 Å². The monoisotopic (exact) mass is 204 g/mol. The Labute approximate surface area is 87.5 Å². The fourth-order valence-electron chi connectivity index (χ4n) is 1.87. The molecule has 4 nitrogen and oxygen atoms in total. The predicted molar refractivity (Wildman–Crippen MR) is 56.9 cm³/mol. The first-order chi connectivity index (χ1) is 7.16. The molecule has 0 spiro atoms. The van der Waals surface area contributed by atoms with Gasteiger partial charge in [-0.3, -0.25) is 4.79 Å². The summed E-state index contributed by atoms with van der Waals surface area (Å²) in [5.41, 5.74) is 7.43. The second-order valence-corrected chi connectivity index (χ2v) is 3.64. The summed E-state index contributed by atoms with van der Waals surface area (Å²) in [4.78, 5) is 22.2. The SMILES string of the molecule is NC(=O)Nc1ccc2c(c1)CCCC2=O. The van der Waals surface area contributed by atoms with Crippen molar-refractivity contribution >= 4 is 17.5 Å². The highest BCUT2D eigenvalue weighted by atomic mass is 16.2. The number of benzene rings is 1. The lowest BCUT2D eigenvalue weighted by Gasteiger charge is -2.15. The van der Waals surface area contributed by atoms with Crippen molar-refractivity contribution in [1.82, 2.24) is 0 Å². The van der Waals surface area contributed by atoms with E-state index in [2.05, 4.69) is 5.32 Å². The number of ketones is 1. The zero-order valence-electron chi connectivity index (χ0n) is 8.25. The molecule has 15 heavy (non-hydrogen) atoms. The number of hydrogen-bond acceptors (Lipinski definition) is 2. The molecule has 2 amide bonds. The maximum absolute atomic E-state index is 11.5. The van der Waals surface area contributed by atoms with E-state index in [1.807, 2.05) is 6.07 Å². The molecule has 78 valence electrons. The molecule has 1 aliphatic rings. The summed E-state index contributed by atoms with van der Waals surface area (Å²) in [5, 5.41) is 2.50. The maximum Gasteiger partial charge on any atom is 0.316 e. The first kappa shape index (κ1) is 9.71. The van der Waals surface area contributed by atoms with E-state index in [1.54, 1.807) is 12.1 Å². The minimum Gasteiger partial charge on any atom is -0.351 e. The van der Waals surface area contributed by atoms with E-state index in [0.29, 0.717) is 12.1 Å². The summed E-state index contributed by atoms with van der Waals surface area (Å²) >= 11 is 0. The topological polar surface area (TPSA) is 72.2 Å². The van der Waals surface area contributed by atoms with Crippen molar-refractivity contribution in [1.29, 1.82) is 0 Å². The second kappa shape index (κ2) is 3.73. The van der Waals surface area contributed by atoms with Crippen molar-refractivity contribution in [3.63, 3.8) is 0 Å². The van der Waals surface area contributed by atoms with Gasteiger partial charge in [0.25, 0.3) is 0 Å².